The van der Waals surface area contributed by atoms with Gasteiger partial charge in [-0.1, -0.05) is 11.3 Å². The molecule has 0 unspecified atom stereocenters. The molecule has 0 saturated carbocycles. The van der Waals surface area contributed by atoms with E-state index >= 15 is 0 Å². The van der Waals surface area contributed by atoms with Crippen LogP contribution in [-0.4, -0.2) is 47.1 Å². The fourth-order valence-corrected chi connectivity index (χ4v) is 5.23. The second-order valence-corrected chi connectivity index (χ2v) is 9.69. The van der Waals surface area contributed by atoms with Gasteiger partial charge in [0.2, 0.25) is 11.6 Å². The SMILES string of the molecule is C[C@@H](C(=O)Nc1nc2cc3c(cc2s1)OC(F)(F)O3)N1CCC(F)(F)[C@H](c2cc[n+]([O-])c(CN)c2)C1. The van der Waals surface area contributed by atoms with Crippen LogP contribution in [0.5, 0.6) is 11.5 Å². The van der Waals surface area contributed by atoms with Crippen LogP contribution in [0.2, 0.25) is 0 Å². The molecule has 0 aliphatic carbocycles. The number of halogens is 4. The van der Waals surface area contributed by atoms with Crippen LogP contribution in [0, 0.1) is 5.21 Å². The lowest BCUT2D eigenvalue weighted by molar-refractivity contribution is -0.614. The van der Waals surface area contributed by atoms with Crippen molar-refractivity contribution in [3.63, 3.8) is 0 Å². The predicted octanol–water partition coefficient (Wildman–Crippen LogP) is 3.16. The molecular formula is C22H21F4N5O4S. The summed E-state index contributed by atoms with van der Waals surface area (Å²) in [5.74, 6) is -5.01. The number of aromatic nitrogens is 2. The van der Waals surface area contributed by atoms with Crippen LogP contribution in [0.1, 0.15) is 30.5 Å². The van der Waals surface area contributed by atoms with Crippen LogP contribution in [0.15, 0.2) is 30.5 Å². The number of fused-ring (bicyclic) bond motifs is 2. The molecule has 0 spiro atoms. The summed E-state index contributed by atoms with van der Waals surface area (Å²) >= 11 is 1.05. The number of hydrogen-bond donors (Lipinski definition) is 2. The van der Waals surface area contributed by atoms with E-state index in [9.17, 15) is 27.6 Å². The molecule has 36 heavy (non-hydrogen) atoms. The first-order valence-electron chi connectivity index (χ1n) is 11.0. The van der Waals surface area contributed by atoms with Crippen LogP contribution in [0.3, 0.4) is 0 Å². The number of rotatable bonds is 5. The maximum Gasteiger partial charge on any atom is 0.586 e. The number of likely N-dealkylation sites (tertiary alicyclic amines) is 1. The second kappa shape index (κ2) is 8.71. The summed E-state index contributed by atoms with van der Waals surface area (Å²) in [6, 6.07) is 4.59. The predicted molar refractivity (Wildman–Crippen MR) is 121 cm³/mol. The van der Waals surface area contributed by atoms with Gasteiger partial charge in [-0.3, -0.25) is 9.69 Å². The minimum atomic E-state index is -3.75. The average Bonchev–Trinajstić information content (AvgIpc) is 3.33. The Bertz CT molecular complexity index is 1290. The van der Waals surface area contributed by atoms with Crippen molar-refractivity contribution >= 4 is 32.6 Å². The van der Waals surface area contributed by atoms with Crippen molar-refractivity contribution in [3.05, 3.63) is 46.9 Å². The summed E-state index contributed by atoms with van der Waals surface area (Å²) in [7, 11) is 0. The number of nitrogens with zero attached hydrogens (tertiary/aromatic N) is 3. The van der Waals surface area contributed by atoms with E-state index in [1.807, 2.05) is 0 Å². The van der Waals surface area contributed by atoms with Crippen LogP contribution < -0.4 is 25.3 Å². The van der Waals surface area contributed by atoms with Gasteiger partial charge >= 0.3 is 6.29 Å². The van der Waals surface area contributed by atoms with E-state index in [0.717, 1.165) is 17.5 Å². The molecule has 3 N–H and O–H groups in total. The number of ether oxygens (including phenoxy) is 2. The molecule has 0 bridgehead atoms. The zero-order valence-corrected chi connectivity index (χ0v) is 19.7. The van der Waals surface area contributed by atoms with Gasteiger partial charge in [0.25, 0.3) is 5.92 Å². The maximum atomic E-state index is 14.8. The van der Waals surface area contributed by atoms with Crippen LogP contribution in [-0.2, 0) is 11.3 Å². The second-order valence-electron chi connectivity index (χ2n) is 8.66. The molecule has 1 amide bonds. The zero-order chi connectivity index (χ0) is 25.8. The number of anilines is 1. The highest BCUT2D eigenvalue weighted by molar-refractivity contribution is 7.22. The van der Waals surface area contributed by atoms with Crippen molar-refractivity contribution in [2.45, 2.75) is 44.1 Å². The first-order chi connectivity index (χ1) is 17.0. The number of amides is 1. The molecule has 1 aromatic carbocycles. The van der Waals surface area contributed by atoms with Crippen molar-refractivity contribution in [3.8, 4) is 11.5 Å². The third-order valence-electron chi connectivity index (χ3n) is 6.36. The Hall–Kier alpha value is -3.23. The van der Waals surface area contributed by atoms with Crippen molar-refractivity contribution < 1.29 is 36.6 Å². The van der Waals surface area contributed by atoms with E-state index in [2.05, 4.69) is 19.8 Å². The lowest BCUT2D eigenvalue weighted by Gasteiger charge is -2.40. The van der Waals surface area contributed by atoms with Crippen LogP contribution in [0.4, 0.5) is 22.7 Å². The van der Waals surface area contributed by atoms with Gasteiger partial charge in [-0.2, -0.15) is 4.73 Å². The van der Waals surface area contributed by atoms with E-state index in [1.165, 1.54) is 24.3 Å². The van der Waals surface area contributed by atoms with E-state index in [-0.39, 0.29) is 47.5 Å². The lowest BCUT2D eigenvalue weighted by atomic mass is 9.86. The Morgan fingerprint density at radius 2 is 2.06 bits per heavy atom. The summed E-state index contributed by atoms with van der Waals surface area (Å²) in [4.78, 5) is 18.8. The molecule has 9 nitrogen and oxygen atoms in total. The van der Waals surface area contributed by atoms with Crippen molar-refractivity contribution in [1.82, 2.24) is 9.88 Å². The Labute approximate surface area is 206 Å². The number of pyridine rings is 1. The lowest BCUT2D eigenvalue weighted by Crippen LogP contribution is -2.52. The monoisotopic (exact) mass is 527 g/mol. The number of hydrogen-bond acceptors (Lipinski definition) is 8. The van der Waals surface area contributed by atoms with Gasteiger partial charge in [0.05, 0.1) is 28.7 Å². The van der Waals surface area contributed by atoms with Gasteiger partial charge < -0.3 is 25.7 Å². The number of carbonyl (C=O) groups excluding carboxylic acids is 1. The molecule has 192 valence electrons. The summed E-state index contributed by atoms with van der Waals surface area (Å²) in [6.07, 6.45) is -3.05. The first kappa shape index (κ1) is 24.5. The van der Waals surface area contributed by atoms with Gasteiger partial charge in [-0.15, -0.1) is 8.78 Å². The highest BCUT2D eigenvalue weighted by Crippen LogP contribution is 2.45. The quantitative estimate of drug-likeness (QED) is 0.297. The highest BCUT2D eigenvalue weighted by atomic mass is 32.1. The number of benzene rings is 1. The maximum absolute atomic E-state index is 14.8. The third-order valence-corrected chi connectivity index (χ3v) is 7.29. The zero-order valence-electron chi connectivity index (χ0n) is 18.8. The smallest absolute Gasteiger partial charge is 0.586 e. The molecule has 1 saturated heterocycles. The van der Waals surface area contributed by atoms with E-state index in [0.29, 0.717) is 14.9 Å². The minimum Gasteiger partial charge on any atom is -0.618 e. The third kappa shape index (κ3) is 4.51. The fourth-order valence-electron chi connectivity index (χ4n) is 4.35. The van der Waals surface area contributed by atoms with Crippen molar-refractivity contribution in [1.29, 1.82) is 0 Å². The number of piperidine rings is 1. The number of nitrogens with one attached hydrogen (secondary N) is 1. The van der Waals surface area contributed by atoms with Crippen LogP contribution >= 0.6 is 11.3 Å². The normalized spacial score (nSPS) is 21.4. The van der Waals surface area contributed by atoms with Gasteiger partial charge in [0.15, 0.2) is 22.8 Å². The molecule has 0 radical (unpaired) electrons. The molecule has 2 aliphatic rings. The van der Waals surface area contributed by atoms with E-state index in [4.69, 9.17) is 5.73 Å². The summed E-state index contributed by atoms with van der Waals surface area (Å²) in [5.41, 5.74) is 6.33. The molecule has 3 aromatic rings. The van der Waals surface area contributed by atoms with Crippen molar-refractivity contribution in [2.24, 2.45) is 5.73 Å². The molecule has 4 heterocycles. The number of carbonyl (C=O) groups is 1. The number of alkyl halides is 4. The van der Waals surface area contributed by atoms with Gasteiger partial charge in [0, 0.05) is 43.8 Å². The summed E-state index contributed by atoms with van der Waals surface area (Å²) in [6.45, 7) is 1.39. The molecule has 1 fully saturated rings. The number of thiazole rings is 1. The molecular weight excluding hydrogens is 506 g/mol. The highest BCUT2D eigenvalue weighted by Gasteiger charge is 2.47. The van der Waals surface area contributed by atoms with Crippen LogP contribution in [0.25, 0.3) is 10.2 Å². The molecule has 2 atom stereocenters. The Balaban J connectivity index is 1.30. The Kier molecular flexibility index (Phi) is 5.92. The van der Waals surface area contributed by atoms with E-state index in [1.54, 1.807) is 11.8 Å². The van der Waals surface area contributed by atoms with Gasteiger partial charge in [0.1, 0.15) is 0 Å². The largest absolute Gasteiger partial charge is 0.618 e. The van der Waals surface area contributed by atoms with E-state index < -0.39 is 36.5 Å². The minimum absolute atomic E-state index is 0.00826. The molecule has 14 heteroatoms. The molecule has 5 rings (SSSR count). The summed E-state index contributed by atoms with van der Waals surface area (Å²) < 4.78 is 66.1. The molecule has 2 aliphatic heterocycles. The van der Waals surface area contributed by atoms with Gasteiger partial charge in [-0.05, 0) is 12.5 Å². The molecule has 2 aromatic heterocycles. The van der Waals surface area contributed by atoms with Gasteiger partial charge in [-0.25, -0.2) is 13.8 Å². The fraction of sp³-hybridized carbons (Fsp3) is 0.409. The standard InChI is InChI=1S/C22H21F4N5O4S/c1-11(30-5-3-21(23,24)14(10-30)12-2-4-31(33)13(6-12)9-27)19(32)29-20-28-15-7-16-17(8-18(15)36-20)35-22(25,26)34-16/h2,4,6-8,11,14H,3,5,9-10,27H2,1H3,(H,28,29,32)/t11-,14-/m0/s1. The number of nitrogens with two attached hydrogens (primary N) is 1. The Morgan fingerprint density at radius 1 is 1.33 bits per heavy atom. The Morgan fingerprint density at radius 3 is 2.78 bits per heavy atom. The topological polar surface area (TPSA) is 117 Å². The average molecular weight is 528 g/mol. The summed E-state index contributed by atoms with van der Waals surface area (Å²) in [5, 5.41) is 14.7. The van der Waals surface area contributed by atoms with Crippen molar-refractivity contribution in [2.75, 3.05) is 18.4 Å². The first-order valence-corrected chi connectivity index (χ1v) is 11.8.